The summed E-state index contributed by atoms with van der Waals surface area (Å²) in [6.07, 6.45) is -4.52. The van der Waals surface area contributed by atoms with E-state index in [4.69, 9.17) is 9.47 Å². The van der Waals surface area contributed by atoms with Crippen molar-refractivity contribution in [1.29, 1.82) is 0 Å². The van der Waals surface area contributed by atoms with Crippen molar-refractivity contribution in [2.45, 2.75) is 26.1 Å². The summed E-state index contributed by atoms with van der Waals surface area (Å²) in [6, 6.07) is 15.6. The normalized spacial score (nSPS) is 17.0. The van der Waals surface area contributed by atoms with Crippen LogP contribution in [0.2, 0.25) is 0 Å². The first-order valence-corrected chi connectivity index (χ1v) is 12.2. The van der Waals surface area contributed by atoms with Crippen LogP contribution in [-0.4, -0.2) is 54.5 Å². The number of piperazine rings is 1. The maximum Gasteiger partial charge on any atom is 0.416 e. The predicted octanol–water partition coefficient (Wildman–Crippen LogP) is 6.44. The van der Waals surface area contributed by atoms with Crippen molar-refractivity contribution < 1.29 is 27.4 Å². The van der Waals surface area contributed by atoms with Crippen LogP contribution in [0.15, 0.2) is 65.7 Å². The van der Waals surface area contributed by atoms with Crippen LogP contribution in [0.25, 0.3) is 0 Å². The molecule has 5 rings (SSSR count). The van der Waals surface area contributed by atoms with Crippen LogP contribution in [0, 0.1) is 6.92 Å². The summed E-state index contributed by atoms with van der Waals surface area (Å²) in [6.45, 7) is 5.15. The maximum atomic E-state index is 13.5. The zero-order chi connectivity index (χ0) is 27.0. The van der Waals surface area contributed by atoms with Crippen molar-refractivity contribution in [1.82, 2.24) is 9.80 Å². The number of aryl methyl sites for hydroxylation is 1. The maximum absolute atomic E-state index is 13.5. The van der Waals surface area contributed by atoms with E-state index in [-0.39, 0.29) is 23.5 Å². The van der Waals surface area contributed by atoms with E-state index < -0.39 is 11.7 Å². The van der Waals surface area contributed by atoms with Crippen LogP contribution in [0.1, 0.15) is 23.6 Å². The number of hydrogen-bond donors (Lipinski definition) is 1. The Morgan fingerprint density at radius 2 is 1.79 bits per heavy atom. The number of hydrogen-bond acceptors (Lipinski definition) is 5. The lowest BCUT2D eigenvalue weighted by Gasteiger charge is -2.41. The quantitative estimate of drug-likeness (QED) is 0.419. The van der Waals surface area contributed by atoms with Gasteiger partial charge in [0.15, 0.2) is 5.75 Å². The van der Waals surface area contributed by atoms with Crippen LogP contribution < -0.4 is 14.8 Å². The third-order valence-electron chi connectivity index (χ3n) is 6.65. The molecule has 0 radical (unpaired) electrons. The standard InChI is InChI=1S/C28H27F3N4O3/c1-17-4-7-20(8-5-17)32-27(36)35-13-12-34(16-18(35)2)26-22-15-21(37-3)9-11-24(22)38-25-10-6-19(28(29,30)31)14-23(25)33-26/h4-11,14-15,18H,12-13,16H2,1-3H3,(H,32,36)/t18-/m0/s1. The lowest BCUT2D eigenvalue weighted by atomic mass is 10.1. The minimum absolute atomic E-state index is 0.0807. The van der Waals surface area contributed by atoms with Gasteiger partial charge in [-0.05, 0) is 62.4 Å². The summed E-state index contributed by atoms with van der Waals surface area (Å²) >= 11 is 0. The number of aliphatic imine (C=N–C) groups is 1. The Kier molecular flexibility index (Phi) is 6.64. The Balaban J connectivity index is 1.45. The average molecular weight is 525 g/mol. The Hall–Kier alpha value is -4.21. The van der Waals surface area contributed by atoms with E-state index >= 15 is 0 Å². The van der Waals surface area contributed by atoms with Crippen molar-refractivity contribution in [3.8, 4) is 17.2 Å². The monoisotopic (exact) mass is 524 g/mol. The molecule has 7 nitrogen and oxygen atoms in total. The van der Waals surface area contributed by atoms with Gasteiger partial charge in [0.1, 0.15) is 23.0 Å². The van der Waals surface area contributed by atoms with Gasteiger partial charge in [-0.1, -0.05) is 17.7 Å². The highest BCUT2D eigenvalue weighted by molar-refractivity contribution is 6.04. The van der Waals surface area contributed by atoms with Gasteiger partial charge in [-0.3, -0.25) is 0 Å². The van der Waals surface area contributed by atoms with Crippen LogP contribution >= 0.6 is 0 Å². The first-order chi connectivity index (χ1) is 18.1. The van der Waals surface area contributed by atoms with Crippen molar-refractivity contribution in [2.24, 2.45) is 4.99 Å². The minimum atomic E-state index is -4.52. The van der Waals surface area contributed by atoms with E-state index in [9.17, 15) is 18.0 Å². The molecule has 38 heavy (non-hydrogen) atoms. The number of amides is 2. The molecule has 0 aromatic heterocycles. The molecule has 2 aliphatic rings. The van der Waals surface area contributed by atoms with Gasteiger partial charge in [0, 0.05) is 31.4 Å². The van der Waals surface area contributed by atoms with E-state index in [0.29, 0.717) is 48.2 Å². The lowest BCUT2D eigenvalue weighted by molar-refractivity contribution is -0.137. The second kappa shape index (κ2) is 9.92. The van der Waals surface area contributed by atoms with E-state index in [1.165, 1.54) is 13.2 Å². The fourth-order valence-electron chi connectivity index (χ4n) is 4.58. The Bertz CT molecular complexity index is 1390. The zero-order valence-corrected chi connectivity index (χ0v) is 21.2. The molecule has 10 heteroatoms. The molecule has 1 saturated heterocycles. The van der Waals surface area contributed by atoms with Crippen LogP contribution in [0.3, 0.4) is 0 Å². The molecule has 3 aromatic carbocycles. The van der Waals surface area contributed by atoms with Gasteiger partial charge < -0.3 is 24.6 Å². The number of halogens is 3. The first kappa shape index (κ1) is 25.4. The molecule has 0 unspecified atom stereocenters. The second-order valence-electron chi connectivity index (χ2n) is 9.36. The van der Waals surface area contributed by atoms with Crippen LogP contribution in [0.5, 0.6) is 17.2 Å². The number of urea groups is 1. The van der Waals surface area contributed by atoms with Gasteiger partial charge in [-0.2, -0.15) is 13.2 Å². The van der Waals surface area contributed by atoms with E-state index in [1.54, 1.807) is 23.1 Å². The number of nitrogens with zero attached hydrogens (tertiary/aromatic N) is 3. The zero-order valence-electron chi connectivity index (χ0n) is 21.2. The topological polar surface area (TPSA) is 66.4 Å². The lowest BCUT2D eigenvalue weighted by Crippen LogP contribution is -2.56. The Labute approximate surface area is 218 Å². The van der Waals surface area contributed by atoms with Gasteiger partial charge in [0.25, 0.3) is 0 Å². The van der Waals surface area contributed by atoms with Gasteiger partial charge in [0.2, 0.25) is 0 Å². The number of methoxy groups -OCH3 is 1. The molecule has 0 spiro atoms. The molecule has 1 fully saturated rings. The van der Waals surface area contributed by atoms with Crippen molar-refractivity contribution in [3.63, 3.8) is 0 Å². The van der Waals surface area contributed by atoms with E-state index in [0.717, 1.165) is 17.7 Å². The summed E-state index contributed by atoms with van der Waals surface area (Å²) < 4.78 is 51.8. The average Bonchev–Trinajstić information content (AvgIpc) is 3.05. The van der Waals surface area contributed by atoms with Gasteiger partial charge >= 0.3 is 12.2 Å². The smallest absolute Gasteiger partial charge is 0.416 e. The molecular formula is C28H27F3N4O3. The van der Waals surface area contributed by atoms with Crippen LogP contribution in [-0.2, 0) is 6.18 Å². The molecule has 0 aliphatic carbocycles. The largest absolute Gasteiger partial charge is 0.497 e. The van der Waals surface area contributed by atoms with Crippen LogP contribution in [0.4, 0.5) is 29.3 Å². The van der Waals surface area contributed by atoms with Gasteiger partial charge in [0.05, 0.1) is 18.2 Å². The molecule has 3 aromatic rings. The molecule has 2 aliphatic heterocycles. The number of carbonyl (C=O) groups is 1. The molecule has 2 heterocycles. The number of rotatable bonds is 2. The number of fused-ring (bicyclic) bond motifs is 2. The fraction of sp³-hybridized carbons (Fsp3) is 0.286. The third-order valence-corrected chi connectivity index (χ3v) is 6.65. The van der Waals surface area contributed by atoms with Gasteiger partial charge in [-0.25, -0.2) is 9.79 Å². The first-order valence-electron chi connectivity index (χ1n) is 12.2. The third kappa shape index (κ3) is 5.11. The number of nitrogens with one attached hydrogen (secondary N) is 1. The Morgan fingerprint density at radius 3 is 2.47 bits per heavy atom. The molecule has 0 bridgehead atoms. The molecule has 2 amide bonds. The highest BCUT2D eigenvalue weighted by Crippen LogP contribution is 2.42. The summed E-state index contributed by atoms with van der Waals surface area (Å²) in [5.41, 5.74) is 1.67. The van der Waals surface area contributed by atoms with Crippen molar-refractivity contribution >= 4 is 23.2 Å². The Morgan fingerprint density at radius 1 is 1.05 bits per heavy atom. The molecule has 0 saturated carbocycles. The molecule has 198 valence electrons. The highest BCUT2D eigenvalue weighted by Gasteiger charge is 2.34. The minimum Gasteiger partial charge on any atom is -0.497 e. The fourth-order valence-corrected chi connectivity index (χ4v) is 4.58. The summed E-state index contributed by atoms with van der Waals surface area (Å²) in [7, 11) is 1.54. The second-order valence-corrected chi connectivity index (χ2v) is 9.36. The van der Waals surface area contributed by atoms with E-state index in [1.807, 2.05) is 43.0 Å². The SMILES string of the molecule is COc1ccc2c(c1)C(N1CCN(C(=O)Nc3ccc(C)cc3)[C@@H](C)C1)=Nc1cc(C(F)(F)F)ccc1O2. The van der Waals surface area contributed by atoms with Crippen molar-refractivity contribution in [2.75, 3.05) is 32.1 Å². The summed E-state index contributed by atoms with van der Waals surface area (Å²) in [5.74, 6) is 1.70. The summed E-state index contributed by atoms with van der Waals surface area (Å²) in [5, 5.41) is 2.93. The number of benzene rings is 3. The number of amidine groups is 1. The highest BCUT2D eigenvalue weighted by atomic mass is 19.4. The molecule has 1 atom stereocenters. The van der Waals surface area contributed by atoms with Crippen molar-refractivity contribution in [3.05, 3.63) is 77.4 Å². The number of carbonyl (C=O) groups excluding carboxylic acids is 1. The molecular weight excluding hydrogens is 497 g/mol. The number of ether oxygens (including phenoxy) is 2. The predicted molar refractivity (Wildman–Crippen MR) is 139 cm³/mol. The summed E-state index contributed by atoms with van der Waals surface area (Å²) in [4.78, 5) is 21.4. The number of anilines is 1. The molecule has 1 N–H and O–H groups in total. The number of alkyl halides is 3. The van der Waals surface area contributed by atoms with Gasteiger partial charge in [-0.15, -0.1) is 0 Å². The van der Waals surface area contributed by atoms with E-state index in [2.05, 4.69) is 10.3 Å².